The van der Waals surface area contributed by atoms with Gasteiger partial charge in [-0.1, -0.05) is 48.5 Å². The van der Waals surface area contributed by atoms with Crippen molar-refractivity contribution in [2.45, 2.75) is 40.5 Å². The minimum atomic E-state index is -0.0729. The number of hydrogen-bond donors (Lipinski definition) is 4. The second kappa shape index (κ2) is 15.5. The predicted octanol–water partition coefficient (Wildman–Crippen LogP) is 6.39. The quantitative estimate of drug-likeness (QED) is 0.198. The number of anilines is 4. The Labute approximate surface area is 246 Å². The number of amides is 4. The molecule has 0 saturated carbocycles. The minimum Gasteiger partial charge on any atom is -0.326 e. The van der Waals surface area contributed by atoms with Crippen LogP contribution < -0.4 is 21.3 Å². The van der Waals surface area contributed by atoms with Crippen LogP contribution in [0.4, 0.5) is 22.7 Å². The molecule has 0 saturated heterocycles. The van der Waals surface area contributed by atoms with Crippen LogP contribution in [0.25, 0.3) is 0 Å². The van der Waals surface area contributed by atoms with Crippen LogP contribution in [-0.2, 0) is 32.0 Å². The molecule has 0 spiro atoms. The van der Waals surface area contributed by atoms with E-state index in [4.69, 9.17) is 0 Å². The van der Waals surface area contributed by atoms with Crippen molar-refractivity contribution in [2.75, 3.05) is 21.3 Å². The molecule has 8 heteroatoms. The van der Waals surface area contributed by atoms with Gasteiger partial charge >= 0.3 is 0 Å². The third-order valence-electron chi connectivity index (χ3n) is 5.91. The van der Waals surface area contributed by atoms with Gasteiger partial charge in [-0.25, -0.2) is 0 Å². The maximum absolute atomic E-state index is 11.0. The van der Waals surface area contributed by atoms with Gasteiger partial charge in [0.2, 0.25) is 23.6 Å². The van der Waals surface area contributed by atoms with Crippen molar-refractivity contribution in [3.05, 3.63) is 119 Å². The Morgan fingerprint density at radius 3 is 0.667 bits per heavy atom. The van der Waals surface area contributed by atoms with E-state index in [2.05, 4.69) is 21.3 Å². The SMILES string of the molecule is CC(=O)Nc1ccc(Cc2ccc(NC(C)=O)cc2)cc1.CC(=O)Nc1ccc(Cc2ccc(NC(C)=O)cc2)cc1. The third kappa shape index (κ3) is 11.5. The maximum atomic E-state index is 11.0. The van der Waals surface area contributed by atoms with Crippen molar-refractivity contribution < 1.29 is 19.2 Å². The van der Waals surface area contributed by atoms with E-state index in [-0.39, 0.29) is 23.6 Å². The molecule has 0 aliphatic heterocycles. The average Bonchev–Trinajstić information content (AvgIpc) is 2.92. The van der Waals surface area contributed by atoms with Gasteiger partial charge in [-0.3, -0.25) is 19.2 Å². The van der Waals surface area contributed by atoms with E-state index < -0.39 is 0 Å². The highest BCUT2D eigenvalue weighted by Crippen LogP contribution is 2.17. The highest BCUT2D eigenvalue weighted by Gasteiger charge is 2.02. The van der Waals surface area contributed by atoms with Crippen LogP contribution >= 0.6 is 0 Å². The molecule has 4 amide bonds. The molecule has 0 bridgehead atoms. The molecule has 0 aliphatic carbocycles. The van der Waals surface area contributed by atoms with Crippen molar-refractivity contribution in [3.63, 3.8) is 0 Å². The Morgan fingerprint density at radius 2 is 0.524 bits per heavy atom. The largest absolute Gasteiger partial charge is 0.326 e. The maximum Gasteiger partial charge on any atom is 0.221 e. The monoisotopic (exact) mass is 564 g/mol. The van der Waals surface area contributed by atoms with Crippen LogP contribution in [0.5, 0.6) is 0 Å². The zero-order chi connectivity index (χ0) is 30.5. The normalized spacial score (nSPS) is 10.0. The summed E-state index contributed by atoms with van der Waals surface area (Å²) < 4.78 is 0. The molecule has 0 fully saturated rings. The number of hydrogen-bond acceptors (Lipinski definition) is 4. The van der Waals surface area contributed by atoms with E-state index in [1.54, 1.807) is 0 Å². The molecule has 4 aromatic carbocycles. The van der Waals surface area contributed by atoms with E-state index in [0.717, 1.165) is 57.8 Å². The summed E-state index contributed by atoms with van der Waals surface area (Å²) in [5.41, 5.74) is 7.85. The molecule has 0 unspecified atom stereocenters. The number of nitrogens with one attached hydrogen (secondary N) is 4. The summed E-state index contributed by atoms with van der Waals surface area (Å²) in [4.78, 5) is 43.8. The summed E-state index contributed by atoms with van der Waals surface area (Å²) in [6.45, 7) is 5.96. The van der Waals surface area contributed by atoms with Crippen molar-refractivity contribution in [2.24, 2.45) is 0 Å². The summed E-state index contributed by atoms with van der Waals surface area (Å²) in [6.07, 6.45) is 1.61. The lowest BCUT2D eigenvalue weighted by atomic mass is 10.0. The van der Waals surface area contributed by atoms with Crippen LogP contribution in [0.15, 0.2) is 97.1 Å². The van der Waals surface area contributed by atoms with Crippen LogP contribution in [0, 0.1) is 0 Å². The molecule has 42 heavy (non-hydrogen) atoms. The summed E-state index contributed by atoms with van der Waals surface area (Å²) >= 11 is 0. The molecular formula is C34H36N4O4. The molecule has 0 atom stereocenters. The summed E-state index contributed by atoms with van der Waals surface area (Å²) in [6, 6.07) is 31.1. The van der Waals surface area contributed by atoms with E-state index in [9.17, 15) is 19.2 Å². The Balaban J connectivity index is 0.000000230. The summed E-state index contributed by atoms with van der Waals surface area (Å²) in [5, 5.41) is 11.0. The van der Waals surface area contributed by atoms with Crippen molar-refractivity contribution in [3.8, 4) is 0 Å². The molecule has 4 rings (SSSR count). The third-order valence-corrected chi connectivity index (χ3v) is 5.91. The number of rotatable bonds is 8. The number of carbonyl (C=O) groups excluding carboxylic acids is 4. The standard InChI is InChI=1S/2C17H18N2O2/c2*1-12(20)18-16-7-3-14(4-8-16)11-15-5-9-17(10-6-15)19-13(2)21/h2*3-10H,11H2,1-2H3,(H,18,20)(H,19,21). The van der Waals surface area contributed by atoms with E-state index in [1.807, 2.05) is 97.1 Å². The molecular weight excluding hydrogens is 528 g/mol. The van der Waals surface area contributed by atoms with Crippen LogP contribution in [-0.4, -0.2) is 23.6 Å². The second-order valence-electron chi connectivity index (χ2n) is 9.87. The Bertz CT molecular complexity index is 1260. The van der Waals surface area contributed by atoms with Gasteiger partial charge in [-0.2, -0.15) is 0 Å². The first-order chi connectivity index (χ1) is 20.0. The van der Waals surface area contributed by atoms with Gasteiger partial charge in [0, 0.05) is 50.4 Å². The van der Waals surface area contributed by atoms with E-state index >= 15 is 0 Å². The Morgan fingerprint density at radius 1 is 0.357 bits per heavy atom. The molecule has 8 nitrogen and oxygen atoms in total. The lowest BCUT2D eigenvalue weighted by molar-refractivity contribution is -0.115. The van der Waals surface area contributed by atoms with Crippen molar-refractivity contribution >= 4 is 46.4 Å². The van der Waals surface area contributed by atoms with Gasteiger partial charge in [0.1, 0.15) is 0 Å². The van der Waals surface area contributed by atoms with Gasteiger partial charge in [0.15, 0.2) is 0 Å². The zero-order valence-corrected chi connectivity index (χ0v) is 24.3. The fourth-order valence-electron chi connectivity index (χ4n) is 4.11. The molecule has 0 aliphatic rings. The smallest absolute Gasteiger partial charge is 0.221 e. The van der Waals surface area contributed by atoms with Crippen LogP contribution in [0.2, 0.25) is 0 Å². The first-order valence-corrected chi connectivity index (χ1v) is 13.5. The Kier molecular flexibility index (Phi) is 11.6. The lowest BCUT2D eigenvalue weighted by Gasteiger charge is -2.06. The lowest BCUT2D eigenvalue weighted by Crippen LogP contribution is -2.05. The second-order valence-corrected chi connectivity index (χ2v) is 9.87. The van der Waals surface area contributed by atoms with Gasteiger partial charge in [0.05, 0.1) is 0 Å². The molecule has 4 aromatic rings. The van der Waals surface area contributed by atoms with Gasteiger partial charge in [0.25, 0.3) is 0 Å². The van der Waals surface area contributed by atoms with Crippen molar-refractivity contribution in [1.29, 1.82) is 0 Å². The van der Waals surface area contributed by atoms with Gasteiger partial charge in [-0.15, -0.1) is 0 Å². The van der Waals surface area contributed by atoms with Crippen LogP contribution in [0.3, 0.4) is 0 Å². The highest BCUT2D eigenvalue weighted by molar-refractivity contribution is 5.90. The minimum absolute atomic E-state index is 0.0729. The van der Waals surface area contributed by atoms with Gasteiger partial charge < -0.3 is 21.3 Å². The summed E-state index contributed by atoms with van der Waals surface area (Å²) in [7, 11) is 0. The zero-order valence-electron chi connectivity index (χ0n) is 24.3. The topological polar surface area (TPSA) is 116 Å². The molecule has 0 radical (unpaired) electrons. The van der Waals surface area contributed by atoms with E-state index in [0.29, 0.717) is 0 Å². The molecule has 0 heterocycles. The summed E-state index contributed by atoms with van der Waals surface area (Å²) in [5.74, 6) is -0.291. The average molecular weight is 565 g/mol. The molecule has 0 aromatic heterocycles. The predicted molar refractivity (Wildman–Crippen MR) is 169 cm³/mol. The van der Waals surface area contributed by atoms with Crippen LogP contribution in [0.1, 0.15) is 49.9 Å². The number of benzene rings is 4. The Hall–Kier alpha value is -5.24. The fraction of sp³-hybridized carbons (Fsp3) is 0.176. The fourth-order valence-corrected chi connectivity index (χ4v) is 4.11. The van der Waals surface area contributed by atoms with Crippen molar-refractivity contribution in [1.82, 2.24) is 0 Å². The first kappa shape index (κ1) is 31.3. The highest BCUT2D eigenvalue weighted by atomic mass is 16.2. The molecule has 216 valence electrons. The van der Waals surface area contributed by atoms with E-state index in [1.165, 1.54) is 27.7 Å². The number of carbonyl (C=O) groups is 4. The van der Waals surface area contributed by atoms with Gasteiger partial charge in [-0.05, 0) is 83.6 Å². The first-order valence-electron chi connectivity index (χ1n) is 13.5. The molecule has 4 N–H and O–H groups in total.